The summed E-state index contributed by atoms with van der Waals surface area (Å²) in [6, 6.07) is 5.90. The lowest BCUT2D eigenvalue weighted by molar-refractivity contribution is 0.222. The van der Waals surface area contributed by atoms with Crippen molar-refractivity contribution in [2.45, 2.75) is 19.4 Å². The highest BCUT2D eigenvalue weighted by atomic mass is 16.5. The Bertz CT molecular complexity index is 800. The maximum Gasteiger partial charge on any atom is 0.142 e. The number of aryl methyl sites for hydroxylation is 1. The fourth-order valence-corrected chi connectivity index (χ4v) is 2.90. The quantitative estimate of drug-likeness (QED) is 0.803. The maximum atomic E-state index is 6.10. The van der Waals surface area contributed by atoms with Gasteiger partial charge in [0.2, 0.25) is 0 Å². The lowest BCUT2D eigenvalue weighted by atomic mass is 10.3. The number of aromatic nitrogens is 4. The van der Waals surface area contributed by atoms with Crippen molar-refractivity contribution >= 4 is 16.9 Å². The maximum absolute atomic E-state index is 6.10. The number of hydrogen-bond donors (Lipinski definition) is 1. The molecule has 0 radical (unpaired) electrons. The van der Waals surface area contributed by atoms with Crippen LogP contribution in [-0.2, 0) is 0 Å². The molecule has 1 saturated heterocycles. The third-order valence-corrected chi connectivity index (χ3v) is 4.03. The SMILES string of the molecule is Cc1ncccc1OC1CCN(c2ncnc3[nH]ccc23)C1. The Morgan fingerprint density at radius 1 is 1.27 bits per heavy atom. The molecule has 1 unspecified atom stereocenters. The Morgan fingerprint density at radius 3 is 3.14 bits per heavy atom. The summed E-state index contributed by atoms with van der Waals surface area (Å²) >= 11 is 0. The van der Waals surface area contributed by atoms with E-state index in [4.69, 9.17) is 4.74 Å². The van der Waals surface area contributed by atoms with Crippen LogP contribution in [0, 0.1) is 6.92 Å². The molecule has 3 aromatic rings. The standard InChI is InChI=1S/C16H17N5O/c1-11-14(3-2-6-17-11)22-12-5-8-21(9-12)16-13-4-7-18-15(13)19-10-20-16/h2-4,6-7,10,12H,5,8-9H2,1H3,(H,18,19,20). The first-order valence-corrected chi connectivity index (χ1v) is 7.42. The van der Waals surface area contributed by atoms with Gasteiger partial charge in [0.15, 0.2) is 0 Å². The number of H-pyrrole nitrogens is 1. The molecule has 4 heterocycles. The summed E-state index contributed by atoms with van der Waals surface area (Å²) < 4.78 is 6.10. The first-order valence-electron chi connectivity index (χ1n) is 7.42. The number of hydrogen-bond acceptors (Lipinski definition) is 5. The average molecular weight is 295 g/mol. The summed E-state index contributed by atoms with van der Waals surface area (Å²) in [6.45, 7) is 3.72. The van der Waals surface area contributed by atoms with Gasteiger partial charge in [0.25, 0.3) is 0 Å². The van der Waals surface area contributed by atoms with Gasteiger partial charge in [-0.25, -0.2) is 9.97 Å². The van der Waals surface area contributed by atoms with Gasteiger partial charge >= 0.3 is 0 Å². The molecule has 0 aromatic carbocycles. The van der Waals surface area contributed by atoms with Crippen molar-refractivity contribution in [2.24, 2.45) is 0 Å². The van der Waals surface area contributed by atoms with Gasteiger partial charge in [0.05, 0.1) is 17.6 Å². The van der Waals surface area contributed by atoms with Gasteiger partial charge < -0.3 is 14.6 Å². The van der Waals surface area contributed by atoms with Crippen LogP contribution in [0.4, 0.5) is 5.82 Å². The number of pyridine rings is 1. The zero-order chi connectivity index (χ0) is 14.9. The Labute approximate surface area is 128 Å². The number of rotatable bonds is 3. The van der Waals surface area contributed by atoms with Crippen LogP contribution < -0.4 is 9.64 Å². The normalized spacial score (nSPS) is 18.0. The molecule has 0 bridgehead atoms. The van der Waals surface area contributed by atoms with E-state index < -0.39 is 0 Å². The third-order valence-electron chi connectivity index (χ3n) is 4.03. The van der Waals surface area contributed by atoms with Crippen LogP contribution in [-0.4, -0.2) is 39.1 Å². The number of fused-ring (bicyclic) bond motifs is 1. The first-order chi connectivity index (χ1) is 10.8. The van der Waals surface area contributed by atoms with Crippen LogP contribution in [0.25, 0.3) is 11.0 Å². The first kappa shape index (κ1) is 13.1. The second-order valence-electron chi connectivity index (χ2n) is 5.50. The molecule has 0 amide bonds. The fraction of sp³-hybridized carbons (Fsp3) is 0.312. The van der Waals surface area contributed by atoms with E-state index in [9.17, 15) is 0 Å². The van der Waals surface area contributed by atoms with Crippen LogP contribution in [0.15, 0.2) is 36.9 Å². The molecular formula is C16H17N5O. The van der Waals surface area contributed by atoms with Crippen molar-refractivity contribution < 1.29 is 4.74 Å². The van der Waals surface area contributed by atoms with E-state index in [1.807, 2.05) is 31.3 Å². The summed E-state index contributed by atoms with van der Waals surface area (Å²) in [5.74, 6) is 1.84. The highest BCUT2D eigenvalue weighted by Crippen LogP contribution is 2.27. The van der Waals surface area contributed by atoms with Gasteiger partial charge in [-0.2, -0.15) is 0 Å². The molecule has 1 atom stereocenters. The van der Waals surface area contributed by atoms with Gasteiger partial charge in [0.1, 0.15) is 29.6 Å². The van der Waals surface area contributed by atoms with Crippen LogP contribution in [0.5, 0.6) is 5.75 Å². The minimum absolute atomic E-state index is 0.159. The smallest absolute Gasteiger partial charge is 0.142 e. The molecule has 0 saturated carbocycles. The molecule has 1 N–H and O–H groups in total. The lowest BCUT2D eigenvalue weighted by Crippen LogP contribution is -2.25. The van der Waals surface area contributed by atoms with E-state index in [1.165, 1.54) is 0 Å². The number of nitrogens with one attached hydrogen (secondary N) is 1. The summed E-state index contributed by atoms with van der Waals surface area (Å²) in [6.07, 6.45) is 6.42. The van der Waals surface area contributed by atoms with Crippen LogP contribution in [0.3, 0.4) is 0 Å². The topological polar surface area (TPSA) is 66.9 Å². The summed E-state index contributed by atoms with van der Waals surface area (Å²) in [5, 5.41) is 1.06. The molecule has 22 heavy (non-hydrogen) atoms. The molecule has 4 rings (SSSR count). The monoisotopic (exact) mass is 295 g/mol. The second-order valence-corrected chi connectivity index (χ2v) is 5.50. The van der Waals surface area contributed by atoms with E-state index in [0.717, 1.165) is 47.8 Å². The predicted octanol–water partition coefficient (Wildman–Crippen LogP) is 2.32. The van der Waals surface area contributed by atoms with Crippen LogP contribution >= 0.6 is 0 Å². The Balaban J connectivity index is 1.53. The van der Waals surface area contributed by atoms with E-state index in [-0.39, 0.29) is 6.10 Å². The van der Waals surface area contributed by atoms with Gasteiger partial charge in [-0.15, -0.1) is 0 Å². The minimum atomic E-state index is 0.159. The van der Waals surface area contributed by atoms with Gasteiger partial charge in [-0.3, -0.25) is 4.98 Å². The highest BCUT2D eigenvalue weighted by molar-refractivity contribution is 5.87. The van der Waals surface area contributed by atoms with Crippen molar-refractivity contribution in [3.8, 4) is 5.75 Å². The Hall–Kier alpha value is -2.63. The molecule has 0 aliphatic carbocycles. The molecular weight excluding hydrogens is 278 g/mol. The third kappa shape index (κ3) is 2.26. The van der Waals surface area contributed by atoms with Crippen molar-refractivity contribution in [1.82, 2.24) is 19.9 Å². The van der Waals surface area contributed by atoms with Crippen molar-refractivity contribution in [2.75, 3.05) is 18.0 Å². The fourth-order valence-electron chi connectivity index (χ4n) is 2.90. The molecule has 3 aromatic heterocycles. The minimum Gasteiger partial charge on any atom is -0.487 e. The molecule has 1 fully saturated rings. The molecule has 1 aliphatic heterocycles. The lowest BCUT2D eigenvalue weighted by Gasteiger charge is -2.19. The van der Waals surface area contributed by atoms with Gasteiger partial charge in [0, 0.05) is 25.4 Å². The van der Waals surface area contributed by atoms with Gasteiger partial charge in [-0.05, 0) is 25.1 Å². The average Bonchev–Trinajstić information content (AvgIpc) is 3.18. The van der Waals surface area contributed by atoms with E-state index in [1.54, 1.807) is 12.5 Å². The summed E-state index contributed by atoms with van der Waals surface area (Å²) in [7, 11) is 0. The number of nitrogens with zero attached hydrogens (tertiary/aromatic N) is 4. The second kappa shape index (κ2) is 5.29. The van der Waals surface area contributed by atoms with E-state index in [0.29, 0.717) is 0 Å². The zero-order valence-electron chi connectivity index (χ0n) is 12.4. The predicted molar refractivity (Wildman–Crippen MR) is 84.1 cm³/mol. The number of anilines is 1. The Kier molecular flexibility index (Phi) is 3.14. The van der Waals surface area contributed by atoms with E-state index in [2.05, 4.69) is 24.8 Å². The number of ether oxygens (including phenoxy) is 1. The van der Waals surface area contributed by atoms with Gasteiger partial charge in [-0.1, -0.05) is 0 Å². The molecule has 6 heteroatoms. The summed E-state index contributed by atoms with van der Waals surface area (Å²) in [5.41, 5.74) is 1.80. The van der Waals surface area contributed by atoms with Crippen LogP contribution in [0.2, 0.25) is 0 Å². The Morgan fingerprint density at radius 2 is 2.23 bits per heavy atom. The highest BCUT2D eigenvalue weighted by Gasteiger charge is 2.26. The zero-order valence-corrected chi connectivity index (χ0v) is 12.4. The molecule has 1 aliphatic rings. The molecule has 0 spiro atoms. The van der Waals surface area contributed by atoms with Crippen molar-refractivity contribution in [3.05, 3.63) is 42.6 Å². The largest absolute Gasteiger partial charge is 0.487 e. The summed E-state index contributed by atoms with van der Waals surface area (Å²) in [4.78, 5) is 18.3. The van der Waals surface area contributed by atoms with Crippen LogP contribution in [0.1, 0.15) is 12.1 Å². The van der Waals surface area contributed by atoms with E-state index >= 15 is 0 Å². The number of aromatic amines is 1. The van der Waals surface area contributed by atoms with Crippen molar-refractivity contribution in [1.29, 1.82) is 0 Å². The van der Waals surface area contributed by atoms with Crippen molar-refractivity contribution in [3.63, 3.8) is 0 Å². The molecule has 6 nitrogen and oxygen atoms in total. The molecule has 112 valence electrons.